The lowest BCUT2D eigenvalue weighted by Crippen LogP contribution is -2.13. The van der Waals surface area contributed by atoms with Crippen LogP contribution in [0.25, 0.3) is 0 Å². The predicted octanol–water partition coefficient (Wildman–Crippen LogP) is 2.99. The molecule has 1 aromatic rings. The van der Waals surface area contributed by atoms with E-state index in [-0.39, 0.29) is 5.41 Å². The molecule has 1 aliphatic rings. The molecule has 102 valence electrons. The summed E-state index contributed by atoms with van der Waals surface area (Å²) in [4.78, 5) is 0. The van der Waals surface area contributed by atoms with Crippen LogP contribution in [-0.2, 0) is 6.54 Å². The molecule has 2 rings (SSSR count). The van der Waals surface area contributed by atoms with Crippen LogP contribution in [0.3, 0.4) is 0 Å². The van der Waals surface area contributed by atoms with Crippen molar-refractivity contribution in [2.45, 2.75) is 25.8 Å². The van der Waals surface area contributed by atoms with Gasteiger partial charge in [0, 0.05) is 18.4 Å². The van der Waals surface area contributed by atoms with Gasteiger partial charge in [-0.2, -0.15) is 5.26 Å². The molecule has 0 spiro atoms. The molecule has 0 amide bonds. The van der Waals surface area contributed by atoms with Crippen LogP contribution in [0.5, 0.6) is 11.5 Å². The van der Waals surface area contributed by atoms with Crippen molar-refractivity contribution in [3.63, 3.8) is 0 Å². The predicted molar refractivity (Wildman–Crippen MR) is 76.0 cm³/mol. The number of nitrogens with zero attached hydrogens (tertiary/aromatic N) is 1. The topological polar surface area (TPSA) is 68.3 Å². The van der Waals surface area contributed by atoms with Crippen LogP contribution < -0.4 is 15.2 Å². The highest BCUT2D eigenvalue weighted by Crippen LogP contribution is 2.49. The molecular weight excluding hydrogens is 308 g/mol. The Bertz CT molecular complexity index is 507. The zero-order valence-corrected chi connectivity index (χ0v) is 12.5. The number of nitriles is 1. The van der Waals surface area contributed by atoms with Crippen molar-refractivity contribution in [3.8, 4) is 17.6 Å². The van der Waals surface area contributed by atoms with Gasteiger partial charge in [0.15, 0.2) is 11.5 Å². The summed E-state index contributed by atoms with van der Waals surface area (Å²) in [6.07, 6.45) is 2.66. The smallest absolute Gasteiger partial charge is 0.175 e. The molecule has 0 bridgehead atoms. The maximum atomic E-state index is 8.81. The highest BCUT2D eigenvalue weighted by Gasteiger charge is 2.43. The normalized spacial score (nSPS) is 15.7. The van der Waals surface area contributed by atoms with Gasteiger partial charge in [0.1, 0.15) is 0 Å². The molecule has 0 atom stereocenters. The molecule has 4 nitrogen and oxygen atoms in total. The summed E-state index contributed by atoms with van der Waals surface area (Å²) in [6.45, 7) is 1.01. The van der Waals surface area contributed by atoms with Crippen LogP contribution in [-0.4, -0.2) is 13.7 Å². The van der Waals surface area contributed by atoms with E-state index in [0.29, 0.717) is 31.1 Å². The van der Waals surface area contributed by atoms with Crippen molar-refractivity contribution in [3.05, 3.63) is 22.2 Å². The van der Waals surface area contributed by atoms with Crippen LogP contribution in [0.1, 0.15) is 24.8 Å². The molecule has 0 saturated heterocycles. The standard InChI is InChI=1S/C14H17BrN2O2/c1-18-12-7-10(8-17)6-11(15)13(12)19-9-14(2-3-14)4-5-16/h6-7H,2-4,8-9,17H2,1H3. The fraction of sp³-hybridized carbons (Fsp3) is 0.500. The summed E-state index contributed by atoms with van der Waals surface area (Å²) in [5.41, 5.74) is 6.66. The third-order valence-corrected chi connectivity index (χ3v) is 4.05. The van der Waals surface area contributed by atoms with Crippen molar-refractivity contribution >= 4 is 15.9 Å². The summed E-state index contributed by atoms with van der Waals surface area (Å²) in [5, 5.41) is 8.81. The average Bonchev–Trinajstić information content (AvgIpc) is 3.17. The molecule has 5 heteroatoms. The molecule has 1 saturated carbocycles. The van der Waals surface area contributed by atoms with E-state index in [9.17, 15) is 0 Å². The number of methoxy groups -OCH3 is 1. The molecule has 0 aliphatic heterocycles. The molecule has 0 aromatic heterocycles. The molecule has 2 N–H and O–H groups in total. The van der Waals surface area contributed by atoms with Gasteiger partial charge in [0.25, 0.3) is 0 Å². The Morgan fingerprint density at radius 1 is 1.47 bits per heavy atom. The number of halogens is 1. The molecular formula is C14H17BrN2O2. The van der Waals surface area contributed by atoms with Gasteiger partial charge < -0.3 is 15.2 Å². The monoisotopic (exact) mass is 324 g/mol. The van der Waals surface area contributed by atoms with Crippen molar-refractivity contribution in [1.82, 2.24) is 0 Å². The summed E-state index contributed by atoms with van der Waals surface area (Å²) < 4.78 is 12.0. The van der Waals surface area contributed by atoms with Crippen molar-refractivity contribution in [1.29, 1.82) is 5.26 Å². The lowest BCUT2D eigenvalue weighted by Gasteiger charge is -2.17. The number of ether oxygens (including phenoxy) is 2. The van der Waals surface area contributed by atoms with E-state index in [1.54, 1.807) is 7.11 Å². The molecule has 19 heavy (non-hydrogen) atoms. The number of hydrogen-bond donors (Lipinski definition) is 1. The second-order valence-electron chi connectivity index (χ2n) is 4.94. The lowest BCUT2D eigenvalue weighted by molar-refractivity contribution is 0.225. The highest BCUT2D eigenvalue weighted by molar-refractivity contribution is 9.10. The Kier molecular flexibility index (Phi) is 4.33. The van der Waals surface area contributed by atoms with Crippen molar-refractivity contribution < 1.29 is 9.47 Å². The minimum Gasteiger partial charge on any atom is -0.493 e. The summed E-state index contributed by atoms with van der Waals surface area (Å²) in [6, 6.07) is 6.04. The van der Waals surface area contributed by atoms with E-state index in [0.717, 1.165) is 22.9 Å². The summed E-state index contributed by atoms with van der Waals surface area (Å²) >= 11 is 3.48. The van der Waals surface area contributed by atoms with Crippen molar-refractivity contribution in [2.75, 3.05) is 13.7 Å². The number of rotatable bonds is 6. The maximum absolute atomic E-state index is 8.81. The van der Waals surface area contributed by atoms with Gasteiger partial charge in [-0.1, -0.05) is 0 Å². The lowest BCUT2D eigenvalue weighted by atomic mass is 10.1. The first-order valence-corrected chi connectivity index (χ1v) is 7.00. The van der Waals surface area contributed by atoms with E-state index >= 15 is 0 Å². The number of nitrogens with two attached hydrogens (primary N) is 1. The third kappa shape index (κ3) is 3.20. The Hall–Kier alpha value is -1.25. The molecule has 0 heterocycles. The Morgan fingerprint density at radius 3 is 2.74 bits per heavy atom. The fourth-order valence-corrected chi connectivity index (χ4v) is 2.58. The van der Waals surface area contributed by atoms with Gasteiger partial charge in [0.05, 0.1) is 24.3 Å². The molecule has 0 radical (unpaired) electrons. The summed E-state index contributed by atoms with van der Waals surface area (Å²) in [5.74, 6) is 1.35. The molecule has 1 fully saturated rings. The second-order valence-corrected chi connectivity index (χ2v) is 5.79. The highest BCUT2D eigenvalue weighted by atomic mass is 79.9. The average molecular weight is 325 g/mol. The minimum atomic E-state index is 0.0474. The zero-order chi connectivity index (χ0) is 13.9. The SMILES string of the molecule is COc1cc(CN)cc(Br)c1OCC1(CC#N)CC1. The van der Waals surface area contributed by atoms with E-state index in [1.165, 1.54) is 0 Å². The van der Waals surface area contributed by atoms with E-state index in [2.05, 4.69) is 22.0 Å². The van der Waals surface area contributed by atoms with Gasteiger partial charge in [-0.3, -0.25) is 0 Å². The first-order chi connectivity index (χ1) is 9.14. The number of hydrogen-bond acceptors (Lipinski definition) is 4. The van der Waals surface area contributed by atoms with Crippen molar-refractivity contribution in [2.24, 2.45) is 11.1 Å². The fourth-order valence-electron chi connectivity index (χ4n) is 1.97. The number of benzene rings is 1. The summed E-state index contributed by atoms with van der Waals surface area (Å²) in [7, 11) is 1.61. The van der Waals surface area contributed by atoms with Crippen LogP contribution in [0.4, 0.5) is 0 Å². The van der Waals surface area contributed by atoms with Crippen LogP contribution in [0.2, 0.25) is 0 Å². The van der Waals surface area contributed by atoms with Gasteiger partial charge in [-0.05, 0) is 46.5 Å². The zero-order valence-electron chi connectivity index (χ0n) is 10.9. The first kappa shape index (κ1) is 14.2. The van der Waals surface area contributed by atoms with Gasteiger partial charge >= 0.3 is 0 Å². The van der Waals surface area contributed by atoms with E-state index in [4.69, 9.17) is 20.5 Å². The van der Waals surface area contributed by atoms with Gasteiger partial charge in [0.2, 0.25) is 0 Å². The largest absolute Gasteiger partial charge is 0.493 e. The second kappa shape index (κ2) is 5.81. The Balaban J connectivity index is 2.14. The minimum absolute atomic E-state index is 0.0474. The molecule has 1 aliphatic carbocycles. The van der Waals surface area contributed by atoms with Gasteiger partial charge in [-0.25, -0.2) is 0 Å². The first-order valence-electron chi connectivity index (χ1n) is 6.20. The van der Waals surface area contributed by atoms with Crippen LogP contribution >= 0.6 is 15.9 Å². The van der Waals surface area contributed by atoms with E-state index < -0.39 is 0 Å². The Labute approximate surface area is 121 Å². The maximum Gasteiger partial charge on any atom is 0.175 e. The third-order valence-electron chi connectivity index (χ3n) is 3.46. The van der Waals surface area contributed by atoms with Crippen LogP contribution in [0, 0.1) is 16.7 Å². The Morgan fingerprint density at radius 2 is 2.21 bits per heavy atom. The molecule has 0 unspecified atom stereocenters. The molecule has 1 aromatic carbocycles. The van der Waals surface area contributed by atoms with Gasteiger partial charge in [-0.15, -0.1) is 0 Å². The quantitative estimate of drug-likeness (QED) is 0.873. The van der Waals surface area contributed by atoms with Crippen LogP contribution in [0.15, 0.2) is 16.6 Å². The van der Waals surface area contributed by atoms with E-state index in [1.807, 2.05) is 12.1 Å².